The zero-order valence-electron chi connectivity index (χ0n) is 12.7. The molecule has 0 bridgehead atoms. The summed E-state index contributed by atoms with van der Waals surface area (Å²) in [6, 6.07) is 11.2. The van der Waals surface area contributed by atoms with Crippen LogP contribution in [0, 0.1) is 13.8 Å². The molecule has 0 fully saturated rings. The van der Waals surface area contributed by atoms with E-state index in [0.29, 0.717) is 21.3 Å². The van der Waals surface area contributed by atoms with Gasteiger partial charge in [0.1, 0.15) is 5.52 Å². The van der Waals surface area contributed by atoms with Gasteiger partial charge >= 0.3 is 0 Å². The molecule has 1 aromatic heterocycles. The lowest BCUT2D eigenvalue weighted by molar-refractivity contribution is -0.113. The third-order valence-electron chi connectivity index (χ3n) is 3.16. The number of nitrogens with one attached hydrogen (secondary N) is 1. The molecule has 0 aliphatic carbocycles. The van der Waals surface area contributed by atoms with E-state index in [4.69, 9.17) is 16.0 Å². The van der Waals surface area contributed by atoms with Crippen molar-refractivity contribution < 1.29 is 9.21 Å². The molecular weight excluding hydrogens is 332 g/mol. The van der Waals surface area contributed by atoms with E-state index in [-0.39, 0.29) is 11.7 Å². The van der Waals surface area contributed by atoms with Gasteiger partial charge < -0.3 is 9.73 Å². The average Bonchev–Trinajstić information content (AvgIpc) is 2.86. The molecule has 0 aliphatic heterocycles. The number of halogens is 1. The molecule has 0 radical (unpaired) electrons. The highest BCUT2D eigenvalue weighted by Crippen LogP contribution is 2.25. The van der Waals surface area contributed by atoms with E-state index in [1.807, 2.05) is 26.0 Å². The summed E-state index contributed by atoms with van der Waals surface area (Å²) in [7, 11) is 0. The first kappa shape index (κ1) is 15.9. The Labute approximate surface area is 143 Å². The predicted molar refractivity (Wildman–Crippen MR) is 94.3 cm³/mol. The van der Waals surface area contributed by atoms with Crippen LogP contribution in [0.2, 0.25) is 5.02 Å². The summed E-state index contributed by atoms with van der Waals surface area (Å²) >= 11 is 7.17. The molecule has 2 aromatic carbocycles. The van der Waals surface area contributed by atoms with Gasteiger partial charge in [-0.15, -0.1) is 0 Å². The molecule has 23 heavy (non-hydrogen) atoms. The van der Waals surface area contributed by atoms with E-state index >= 15 is 0 Å². The molecule has 0 unspecified atom stereocenters. The van der Waals surface area contributed by atoms with Crippen molar-refractivity contribution in [2.75, 3.05) is 11.1 Å². The van der Waals surface area contributed by atoms with E-state index in [9.17, 15) is 4.79 Å². The number of aryl methyl sites for hydroxylation is 2. The topological polar surface area (TPSA) is 55.1 Å². The number of hydrogen-bond donors (Lipinski definition) is 1. The van der Waals surface area contributed by atoms with Crippen LogP contribution in [0.3, 0.4) is 0 Å². The van der Waals surface area contributed by atoms with Gasteiger partial charge in [0.25, 0.3) is 5.22 Å². The summed E-state index contributed by atoms with van der Waals surface area (Å²) in [5.74, 6) is 0.133. The largest absolute Gasteiger partial charge is 0.431 e. The molecule has 1 amide bonds. The van der Waals surface area contributed by atoms with Crippen molar-refractivity contribution in [3.05, 3.63) is 52.5 Å². The van der Waals surface area contributed by atoms with Gasteiger partial charge in [0.15, 0.2) is 5.58 Å². The number of carbonyl (C=O) groups is 1. The Morgan fingerprint density at radius 1 is 1.22 bits per heavy atom. The molecule has 0 aliphatic rings. The van der Waals surface area contributed by atoms with Gasteiger partial charge in [-0.2, -0.15) is 0 Å². The van der Waals surface area contributed by atoms with Gasteiger partial charge in [0.05, 0.1) is 5.75 Å². The molecule has 1 N–H and O–H groups in total. The molecule has 0 saturated heterocycles. The first-order valence-corrected chi connectivity index (χ1v) is 8.43. The SMILES string of the molecule is Cc1cc(C)cc(NC(=O)CSc2nc3cc(Cl)ccc3o2)c1. The number of benzene rings is 2. The lowest BCUT2D eigenvalue weighted by atomic mass is 10.1. The average molecular weight is 347 g/mol. The molecule has 0 spiro atoms. The van der Waals surface area contributed by atoms with E-state index in [1.54, 1.807) is 18.2 Å². The maximum Gasteiger partial charge on any atom is 0.257 e. The number of amides is 1. The summed E-state index contributed by atoms with van der Waals surface area (Å²) in [4.78, 5) is 16.4. The smallest absolute Gasteiger partial charge is 0.257 e. The van der Waals surface area contributed by atoms with E-state index in [2.05, 4.69) is 16.4 Å². The lowest BCUT2D eigenvalue weighted by Gasteiger charge is -2.06. The van der Waals surface area contributed by atoms with Crippen LogP contribution in [-0.2, 0) is 4.79 Å². The van der Waals surface area contributed by atoms with Crippen molar-refractivity contribution in [2.45, 2.75) is 19.1 Å². The van der Waals surface area contributed by atoms with Crippen LogP contribution in [0.1, 0.15) is 11.1 Å². The third-order valence-corrected chi connectivity index (χ3v) is 4.23. The first-order valence-electron chi connectivity index (χ1n) is 7.07. The van der Waals surface area contributed by atoms with Gasteiger partial charge in [-0.3, -0.25) is 4.79 Å². The minimum atomic E-state index is -0.0970. The number of rotatable bonds is 4. The van der Waals surface area contributed by atoms with Crippen LogP contribution >= 0.6 is 23.4 Å². The number of thioether (sulfide) groups is 1. The number of anilines is 1. The van der Waals surface area contributed by atoms with Gasteiger partial charge in [-0.05, 0) is 55.3 Å². The second-order valence-corrected chi connectivity index (χ2v) is 6.67. The van der Waals surface area contributed by atoms with Crippen molar-refractivity contribution >= 4 is 46.1 Å². The van der Waals surface area contributed by atoms with Crippen LogP contribution in [0.5, 0.6) is 0 Å². The Morgan fingerprint density at radius 3 is 2.70 bits per heavy atom. The fraction of sp³-hybridized carbons (Fsp3) is 0.176. The van der Waals surface area contributed by atoms with Crippen molar-refractivity contribution in [2.24, 2.45) is 0 Å². The Kier molecular flexibility index (Phi) is 4.59. The number of aromatic nitrogens is 1. The normalized spacial score (nSPS) is 10.9. The first-order chi connectivity index (χ1) is 11.0. The molecule has 0 saturated carbocycles. The Hall–Kier alpha value is -1.98. The van der Waals surface area contributed by atoms with Gasteiger partial charge in [0.2, 0.25) is 5.91 Å². The van der Waals surface area contributed by atoms with Crippen LogP contribution in [0.15, 0.2) is 46.0 Å². The molecule has 3 aromatic rings. The summed E-state index contributed by atoms with van der Waals surface area (Å²) in [5, 5.41) is 3.95. The zero-order chi connectivity index (χ0) is 16.4. The van der Waals surface area contributed by atoms with Gasteiger partial charge in [-0.25, -0.2) is 4.98 Å². The Bertz CT molecular complexity index is 856. The second-order valence-electron chi connectivity index (χ2n) is 5.31. The second kappa shape index (κ2) is 6.64. The highest BCUT2D eigenvalue weighted by atomic mass is 35.5. The van der Waals surface area contributed by atoms with Crippen molar-refractivity contribution in [1.82, 2.24) is 4.98 Å². The quantitative estimate of drug-likeness (QED) is 0.687. The molecular formula is C17H15ClN2O2S. The van der Waals surface area contributed by atoms with Crippen molar-refractivity contribution in [1.29, 1.82) is 0 Å². The van der Waals surface area contributed by atoms with E-state index in [0.717, 1.165) is 16.8 Å². The number of oxazole rings is 1. The number of hydrogen-bond acceptors (Lipinski definition) is 4. The van der Waals surface area contributed by atoms with Crippen LogP contribution in [-0.4, -0.2) is 16.6 Å². The highest BCUT2D eigenvalue weighted by Gasteiger charge is 2.10. The minimum absolute atomic E-state index is 0.0970. The van der Waals surface area contributed by atoms with Crippen molar-refractivity contribution in [3.8, 4) is 0 Å². The number of carbonyl (C=O) groups excluding carboxylic acids is 1. The number of nitrogens with zero attached hydrogens (tertiary/aromatic N) is 1. The van der Waals surface area contributed by atoms with Crippen LogP contribution in [0.4, 0.5) is 5.69 Å². The lowest BCUT2D eigenvalue weighted by Crippen LogP contribution is -2.14. The fourth-order valence-corrected chi connectivity index (χ4v) is 3.12. The summed E-state index contributed by atoms with van der Waals surface area (Å²) < 4.78 is 5.58. The van der Waals surface area contributed by atoms with Gasteiger partial charge in [0, 0.05) is 10.7 Å². The standard InChI is InChI=1S/C17H15ClN2O2S/c1-10-5-11(2)7-13(6-10)19-16(21)9-23-17-20-14-8-12(18)3-4-15(14)22-17/h3-8H,9H2,1-2H3,(H,19,21). The Balaban J connectivity index is 1.63. The Morgan fingerprint density at radius 2 is 1.96 bits per heavy atom. The van der Waals surface area contributed by atoms with E-state index in [1.165, 1.54) is 11.8 Å². The summed E-state index contributed by atoms with van der Waals surface area (Å²) in [6.07, 6.45) is 0. The fourth-order valence-electron chi connectivity index (χ4n) is 2.31. The molecule has 0 atom stereocenters. The summed E-state index contributed by atoms with van der Waals surface area (Å²) in [6.45, 7) is 4.00. The monoisotopic (exact) mass is 346 g/mol. The maximum atomic E-state index is 12.1. The van der Waals surface area contributed by atoms with Crippen molar-refractivity contribution in [3.63, 3.8) is 0 Å². The van der Waals surface area contributed by atoms with E-state index < -0.39 is 0 Å². The third kappa shape index (κ3) is 4.06. The minimum Gasteiger partial charge on any atom is -0.431 e. The summed E-state index contributed by atoms with van der Waals surface area (Å²) in [5.41, 5.74) is 4.38. The van der Waals surface area contributed by atoms with Crippen LogP contribution in [0.25, 0.3) is 11.1 Å². The highest BCUT2D eigenvalue weighted by molar-refractivity contribution is 7.99. The molecule has 6 heteroatoms. The number of fused-ring (bicyclic) bond motifs is 1. The predicted octanol–water partition coefficient (Wildman–Crippen LogP) is 4.83. The zero-order valence-corrected chi connectivity index (χ0v) is 14.3. The molecule has 3 rings (SSSR count). The van der Waals surface area contributed by atoms with Crippen LogP contribution < -0.4 is 5.32 Å². The molecule has 118 valence electrons. The maximum absolute atomic E-state index is 12.1. The molecule has 4 nitrogen and oxygen atoms in total. The molecule has 1 heterocycles. The van der Waals surface area contributed by atoms with Gasteiger partial charge in [-0.1, -0.05) is 29.4 Å².